The van der Waals surface area contributed by atoms with Gasteiger partial charge in [0.05, 0.1) is 10.5 Å². The van der Waals surface area contributed by atoms with Crippen LogP contribution in [0.4, 0.5) is 18.9 Å². The number of carbonyl (C=O) groups excluding carboxylic acids is 1. The molecule has 0 atom stereocenters. The van der Waals surface area contributed by atoms with Crippen LogP contribution >= 0.6 is 0 Å². The lowest BCUT2D eigenvalue weighted by Crippen LogP contribution is -2.52. The maximum atomic E-state index is 13.0. The van der Waals surface area contributed by atoms with Crippen LogP contribution in [-0.2, 0) is 21.0 Å². The molecular weight excluding hydrogens is 467 g/mol. The molecule has 34 heavy (non-hydrogen) atoms. The third-order valence-electron chi connectivity index (χ3n) is 6.56. The van der Waals surface area contributed by atoms with Crippen LogP contribution in [0.25, 0.3) is 0 Å². The number of carbonyl (C=O) groups is 1. The maximum absolute atomic E-state index is 13.0. The number of sulfonamides is 1. The monoisotopic (exact) mass is 495 g/mol. The Kier molecular flexibility index (Phi) is 6.91. The van der Waals surface area contributed by atoms with Gasteiger partial charge in [0.25, 0.3) is 0 Å². The summed E-state index contributed by atoms with van der Waals surface area (Å²) in [7, 11) is -4.06. The Hall–Kier alpha value is -2.59. The minimum atomic E-state index is -4.62. The van der Waals surface area contributed by atoms with E-state index in [1.165, 1.54) is 15.9 Å². The molecule has 0 N–H and O–H groups in total. The fourth-order valence-corrected chi connectivity index (χ4v) is 6.11. The molecule has 0 bridgehead atoms. The Balaban J connectivity index is 1.33. The summed E-state index contributed by atoms with van der Waals surface area (Å²) < 4.78 is 66.0. The second-order valence-corrected chi connectivity index (χ2v) is 10.8. The summed E-state index contributed by atoms with van der Waals surface area (Å²) in [5.74, 6) is -0.251. The molecule has 2 fully saturated rings. The third-order valence-corrected chi connectivity index (χ3v) is 8.46. The van der Waals surface area contributed by atoms with Crippen LogP contribution in [0.3, 0.4) is 0 Å². The van der Waals surface area contributed by atoms with Gasteiger partial charge in [-0.15, -0.1) is 0 Å². The molecule has 0 saturated carbocycles. The predicted octanol–water partition coefficient (Wildman–Crippen LogP) is 3.76. The van der Waals surface area contributed by atoms with Gasteiger partial charge in [0.2, 0.25) is 15.9 Å². The van der Waals surface area contributed by atoms with E-state index in [1.807, 2.05) is 24.0 Å². The van der Waals surface area contributed by atoms with Gasteiger partial charge in [-0.2, -0.15) is 17.5 Å². The number of rotatable bonds is 4. The van der Waals surface area contributed by atoms with Gasteiger partial charge in [0, 0.05) is 50.9 Å². The molecule has 1 amide bonds. The van der Waals surface area contributed by atoms with Gasteiger partial charge in [-0.3, -0.25) is 4.79 Å². The molecule has 6 nitrogen and oxygen atoms in total. The Labute approximate surface area is 198 Å². The molecule has 0 aliphatic carbocycles. The lowest BCUT2D eigenvalue weighted by atomic mass is 9.96. The van der Waals surface area contributed by atoms with Crippen LogP contribution in [0.5, 0.6) is 0 Å². The largest absolute Gasteiger partial charge is 0.416 e. The minimum Gasteiger partial charge on any atom is -0.368 e. The number of hydrogen-bond acceptors (Lipinski definition) is 4. The van der Waals surface area contributed by atoms with Crippen molar-refractivity contribution < 1.29 is 26.4 Å². The number of amides is 1. The SMILES string of the molecule is Cc1cccc(N2CCN(C(=O)C3CCN(S(=O)(=O)c4cccc(C(F)(F)F)c4)CC3)CC2)c1. The van der Waals surface area contributed by atoms with E-state index >= 15 is 0 Å². The molecule has 10 heteroatoms. The zero-order chi connectivity index (χ0) is 24.5. The first-order valence-corrected chi connectivity index (χ1v) is 12.8. The summed E-state index contributed by atoms with van der Waals surface area (Å²) in [5.41, 5.74) is 1.33. The molecule has 2 aliphatic rings. The highest BCUT2D eigenvalue weighted by Crippen LogP contribution is 2.32. The predicted molar refractivity (Wildman–Crippen MR) is 123 cm³/mol. The average molecular weight is 496 g/mol. The lowest BCUT2D eigenvalue weighted by Gasteiger charge is -2.39. The zero-order valence-electron chi connectivity index (χ0n) is 19.0. The Morgan fingerprint density at radius 3 is 2.18 bits per heavy atom. The fourth-order valence-electron chi connectivity index (χ4n) is 4.59. The molecule has 2 aliphatic heterocycles. The summed E-state index contributed by atoms with van der Waals surface area (Å²) in [6, 6.07) is 12.0. The smallest absolute Gasteiger partial charge is 0.368 e. The van der Waals surface area contributed by atoms with E-state index in [9.17, 15) is 26.4 Å². The molecule has 0 unspecified atom stereocenters. The number of alkyl halides is 3. The van der Waals surface area contributed by atoms with Gasteiger partial charge in [-0.05, 0) is 55.7 Å². The lowest BCUT2D eigenvalue weighted by molar-refractivity contribution is -0.138. The standard InChI is InChI=1S/C24H28F3N3O3S/c1-18-4-2-6-21(16-18)28-12-14-29(15-13-28)23(31)19-8-10-30(11-9-19)34(32,33)22-7-3-5-20(17-22)24(25,26)27/h2-7,16-17,19H,8-15H2,1H3. The molecule has 0 spiro atoms. The second kappa shape index (κ2) is 9.58. The molecule has 184 valence electrons. The average Bonchev–Trinajstić information content (AvgIpc) is 2.83. The fraction of sp³-hybridized carbons (Fsp3) is 0.458. The number of benzene rings is 2. The van der Waals surface area contributed by atoms with Gasteiger partial charge in [-0.25, -0.2) is 8.42 Å². The molecule has 0 aromatic heterocycles. The highest BCUT2D eigenvalue weighted by atomic mass is 32.2. The van der Waals surface area contributed by atoms with Crippen molar-refractivity contribution in [1.82, 2.24) is 9.21 Å². The third kappa shape index (κ3) is 5.22. The van der Waals surface area contributed by atoms with Crippen LogP contribution in [0.15, 0.2) is 53.4 Å². The highest BCUT2D eigenvalue weighted by molar-refractivity contribution is 7.89. The second-order valence-electron chi connectivity index (χ2n) is 8.86. The van der Waals surface area contributed by atoms with Gasteiger partial charge in [0.1, 0.15) is 0 Å². The summed E-state index contributed by atoms with van der Waals surface area (Å²) in [5, 5.41) is 0. The number of piperidine rings is 1. The van der Waals surface area contributed by atoms with Gasteiger partial charge in [0.15, 0.2) is 0 Å². The summed E-state index contributed by atoms with van der Waals surface area (Å²) in [6.45, 7) is 4.94. The normalized spacial score (nSPS) is 18.8. The van der Waals surface area contributed by atoms with Crippen molar-refractivity contribution in [1.29, 1.82) is 0 Å². The van der Waals surface area contributed by atoms with E-state index in [-0.39, 0.29) is 29.8 Å². The molecular formula is C24H28F3N3O3S. The van der Waals surface area contributed by atoms with Crippen molar-refractivity contribution >= 4 is 21.6 Å². The highest BCUT2D eigenvalue weighted by Gasteiger charge is 2.36. The van der Waals surface area contributed by atoms with Crippen LogP contribution in [0.1, 0.15) is 24.0 Å². The maximum Gasteiger partial charge on any atom is 0.416 e. The summed E-state index contributed by atoms with van der Waals surface area (Å²) >= 11 is 0. The van der Waals surface area contributed by atoms with Crippen LogP contribution < -0.4 is 4.90 Å². The van der Waals surface area contributed by atoms with E-state index in [0.29, 0.717) is 32.0 Å². The van der Waals surface area contributed by atoms with E-state index in [4.69, 9.17) is 0 Å². The number of halogens is 3. The molecule has 2 aromatic carbocycles. The minimum absolute atomic E-state index is 0.0278. The van der Waals surface area contributed by atoms with Crippen LogP contribution in [0, 0.1) is 12.8 Å². The van der Waals surface area contributed by atoms with Crippen molar-refractivity contribution in [3.63, 3.8) is 0 Å². The van der Waals surface area contributed by atoms with E-state index in [1.54, 1.807) is 0 Å². The number of piperazine rings is 1. The molecule has 2 heterocycles. The topological polar surface area (TPSA) is 60.9 Å². The van der Waals surface area contributed by atoms with Crippen molar-refractivity contribution in [3.05, 3.63) is 59.7 Å². The van der Waals surface area contributed by atoms with Crippen molar-refractivity contribution in [3.8, 4) is 0 Å². The molecule has 2 aromatic rings. The van der Waals surface area contributed by atoms with Crippen LogP contribution in [0.2, 0.25) is 0 Å². The number of anilines is 1. The van der Waals surface area contributed by atoms with Gasteiger partial charge in [-0.1, -0.05) is 18.2 Å². The number of hydrogen-bond donors (Lipinski definition) is 0. The first-order valence-electron chi connectivity index (χ1n) is 11.3. The zero-order valence-corrected chi connectivity index (χ0v) is 19.8. The van der Waals surface area contributed by atoms with Crippen molar-refractivity contribution in [2.24, 2.45) is 5.92 Å². The van der Waals surface area contributed by atoms with E-state index < -0.39 is 21.8 Å². The first-order chi connectivity index (χ1) is 16.1. The summed E-state index contributed by atoms with van der Waals surface area (Å²) in [6.07, 6.45) is -3.90. The molecule has 4 rings (SSSR count). The van der Waals surface area contributed by atoms with Crippen molar-refractivity contribution in [2.45, 2.75) is 30.8 Å². The Morgan fingerprint density at radius 1 is 0.912 bits per heavy atom. The summed E-state index contributed by atoms with van der Waals surface area (Å²) in [4.78, 5) is 16.8. The quantitative estimate of drug-likeness (QED) is 0.648. The van der Waals surface area contributed by atoms with Gasteiger partial charge < -0.3 is 9.80 Å². The van der Waals surface area contributed by atoms with Crippen molar-refractivity contribution in [2.75, 3.05) is 44.2 Å². The Morgan fingerprint density at radius 2 is 1.56 bits per heavy atom. The number of aryl methyl sites for hydroxylation is 1. The van der Waals surface area contributed by atoms with E-state index in [0.717, 1.165) is 30.9 Å². The molecule has 0 radical (unpaired) electrons. The first kappa shape index (κ1) is 24.5. The van der Waals surface area contributed by atoms with E-state index in [2.05, 4.69) is 17.0 Å². The van der Waals surface area contributed by atoms with Gasteiger partial charge >= 0.3 is 6.18 Å². The van der Waals surface area contributed by atoms with Crippen LogP contribution in [-0.4, -0.2) is 62.8 Å². The Bertz CT molecular complexity index is 1140. The number of nitrogens with zero attached hydrogens (tertiary/aromatic N) is 3. The molecule has 2 saturated heterocycles.